The first kappa shape index (κ1) is 6.64. The van der Waals surface area contributed by atoms with Gasteiger partial charge in [0.15, 0.2) is 0 Å². The molecule has 3 rings (SSSR count). The first-order valence-electron chi connectivity index (χ1n) is 4.27. The summed E-state index contributed by atoms with van der Waals surface area (Å²) in [5.74, 6) is 2.88. The molecule has 0 fully saturated rings. The van der Waals surface area contributed by atoms with Crippen LogP contribution in [0.15, 0.2) is 47.5 Å². The zero-order valence-electron chi connectivity index (χ0n) is 6.99. The summed E-state index contributed by atoms with van der Waals surface area (Å²) in [5.41, 5.74) is 2.19. The van der Waals surface area contributed by atoms with Gasteiger partial charge in [0.2, 0.25) is 0 Å². The summed E-state index contributed by atoms with van der Waals surface area (Å²) in [6.07, 6.45) is 0. The quantitative estimate of drug-likeness (QED) is 0.616. The van der Waals surface area contributed by atoms with Gasteiger partial charge < -0.3 is 0 Å². The van der Waals surface area contributed by atoms with Crippen molar-refractivity contribution in [3.63, 3.8) is 0 Å². The van der Waals surface area contributed by atoms with Crippen LogP contribution >= 0.6 is 0 Å². The highest BCUT2D eigenvalue weighted by Crippen LogP contribution is 2.27. The molecular weight excluding hydrogens is 158 g/mol. The fraction of sp³-hybridized carbons (Fsp3) is 0. The molecule has 0 N–H and O–H groups in total. The molecule has 0 saturated heterocycles. The second-order valence-electron chi connectivity index (χ2n) is 3.10. The molecule has 1 aliphatic rings. The molecule has 0 unspecified atom stereocenters. The molecule has 0 radical (unpaired) electrons. The Bertz CT molecular complexity index is 541. The van der Waals surface area contributed by atoms with Gasteiger partial charge in [0.1, 0.15) is 5.70 Å². The zero-order valence-corrected chi connectivity index (χ0v) is 6.99. The predicted octanol–water partition coefficient (Wildman–Crippen LogP) is 2.86. The van der Waals surface area contributed by atoms with Gasteiger partial charge in [0, 0.05) is 11.4 Å². The summed E-state index contributed by atoms with van der Waals surface area (Å²) in [6, 6.07) is 14.6. The van der Waals surface area contributed by atoms with E-state index >= 15 is 0 Å². The lowest BCUT2D eigenvalue weighted by Gasteiger charge is -2.00. The van der Waals surface area contributed by atoms with E-state index in [1.165, 1.54) is 16.3 Å². The summed E-state index contributed by atoms with van der Waals surface area (Å²) >= 11 is 0. The smallest absolute Gasteiger partial charge is 0.142 e. The maximum Gasteiger partial charge on any atom is 0.142 e. The number of benzene rings is 2. The van der Waals surface area contributed by atoms with Crippen LogP contribution < -0.4 is 0 Å². The number of nitrogens with zero attached hydrogens (tertiary/aromatic N) is 1. The highest BCUT2D eigenvalue weighted by atomic mass is 14.8. The Kier molecular flexibility index (Phi) is 1.18. The van der Waals surface area contributed by atoms with Gasteiger partial charge in [0.05, 0.1) is 0 Å². The van der Waals surface area contributed by atoms with Crippen molar-refractivity contribution in [1.29, 1.82) is 0 Å². The third-order valence-electron chi connectivity index (χ3n) is 2.27. The van der Waals surface area contributed by atoms with E-state index in [2.05, 4.69) is 47.3 Å². The third kappa shape index (κ3) is 0.986. The van der Waals surface area contributed by atoms with Crippen LogP contribution in [0.1, 0.15) is 5.56 Å². The van der Waals surface area contributed by atoms with Gasteiger partial charge in [-0.1, -0.05) is 42.5 Å². The van der Waals surface area contributed by atoms with Crippen LogP contribution in [-0.4, -0.2) is 5.87 Å². The Labute approximate surface area is 76.0 Å². The Morgan fingerprint density at radius 2 is 1.69 bits per heavy atom. The summed E-state index contributed by atoms with van der Waals surface area (Å²) < 4.78 is 0. The van der Waals surface area contributed by atoms with Crippen LogP contribution in [0, 0.1) is 0 Å². The summed E-state index contributed by atoms with van der Waals surface area (Å²) in [7, 11) is 0. The molecule has 0 saturated carbocycles. The first-order valence-corrected chi connectivity index (χ1v) is 4.27. The lowest BCUT2D eigenvalue weighted by atomic mass is 10.0. The number of hydrogen-bond donors (Lipinski definition) is 0. The predicted molar refractivity (Wildman–Crippen MR) is 54.8 cm³/mol. The Morgan fingerprint density at radius 1 is 0.923 bits per heavy atom. The minimum Gasteiger partial charge on any atom is -0.193 e. The van der Waals surface area contributed by atoms with E-state index in [9.17, 15) is 0 Å². The molecule has 1 nitrogen and oxygen atoms in total. The molecule has 0 aromatic heterocycles. The van der Waals surface area contributed by atoms with Crippen molar-refractivity contribution in [3.8, 4) is 0 Å². The van der Waals surface area contributed by atoms with E-state index in [1.54, 1.807) is 0 Å². The molecule has 0 bridgehead atoms. The Hall–Kier alpha value is -1.85. The molecule has 1 heterocycles. The van der Waals surface area contributed by atoms with E-state index in [1.807, 2.05) is 6.07 Å². The molecule has 0 atom stereocenters. The summed E-state index contributed by atoms with van der Waals surface area (Å²) in [4.78, 5) is 3.99. The number of aliphatic imine (C=N–C) groups is 1. The second kappa shape index (κ2) is 2.32. The fourth-order valence-electron chi connectivity index (χ4n) is 1.58. The van der Waals surface area contributed by atoms with Crippen LogP contribution in [0.4, 0.5) is 0 Å². The average Bonchev–Trinajstić information content (AvgIpc) is 3.00. The third-order valence-corrected chi connectivity index (χ3v) is 2.27. The standard InChI is InChI=1S/C12H7N/c1-2-6-10-9(4-1)5-3-7-11(10)12-8-13-12/h1-7H. The van der Waals surface area contributed by atoms with Crippen LogP contribution in [0.25, 0.3) is 16.5 Å². The minimum absolute atomic E-state index is 0.997. The minimum atomic E-state index is 0.997. The Morgan fingerprint density at radius 3 is 2.54 bits per heavy atom. The van der Waals surface area contributed by atoms with Gasteiger partial charge in [-0.15, -0.1) is 0 Å². The number of rotatable bonds is 1. The first-order chi connectivity index (χ1) is 6.45. The maximum absolute atomic E-state index is 3.99. The molecule has 60 valence electrons. The van der Waals surface area contributed by atoms with Gasteiger partial charge in [-0.2, -0.15) is 4.99 Å². The van der Waals surface area contributed by atoms with Crippen molar-refractivity contribution in [2.24, 2.45) is 4.99 Å². The highest BCUT2D eigenvalue weighted by Gasteiger charge is 2.09. The monoisotopic (exact) mass is 165 g/mol. The lowest BCUT2D eigenvalue weighted by molar-refractivity contribution is 1.65. The molecular formula is C12H7N. The summed E-state index contributed by atoms with van der Waals surface area (Å²) in [5, 5.41) is 2.52. The fourth-order valence-corrected chi connectivity index (χ4v) is 1.58. The average molecular weight is 165 g/mol. The lowest BCUT2D eigenvalue weighted by Crippen LogP contribution is -1.78. The largest absolute Gasteiger partial charge is 0.193 e. The Balaban J connectivity index is 2.39. The molecule has 1 heteroatoms. The van der Waals surface area contributed by atoms with E-state index in [4.69, 9.17) is 0 Å². The molecule has 1 aliphatic heterocycles. The van der Waals surface area contributed by atoms with Crippen LogP contribution in [0.2, 0.25) is 0 Å². The van der Waals surface area contributed by atoms with Gasteiger partial charge in [-0.05, 0) is 10.8 Å². The van der Waals surface area contributed by atoms with E-state index < -0.39 is 0 Å². The van der Waals surface area contributed by atoms with Crippen molar-refractivity contribution in [2.45, 2.75) is 0 Å². The van der Waals surface area contributed by atoms with E-state index in [-0.39, 0.29) is 0 Å². The summed E-state index contributed by atoms with van der Waals surface area (Å²) in [6.45, 7) is 0. The van der Waals surface area contributed by atoms with Crippen molar-refractivity contribution in [2.75, 3.05) is 0 Å². The van der Waals surface area contributed by atoms with E-state index in [0.29, 0.717) is 0 Å². The number of fused-ring (bicyclic) bond motifs is 1. The van der Waals surface area contributed by atoms with Gasteiger partial charge in [-0.3, -0.25) is 0 Å². The molecule has 0 spiro atoms. The molecule has 13 heavy (non-hydrogen) atoms. The van der Waals surface area contributed by atoms with Crippen LogP contribution in [-0.2, 0) is 0 Å². The van der Waals surface area contributed by atoms with Crippen molar-refractivity contribution >= 4 is 22.3 Å². The molecule has 2 aromatic carbocycles. The topological polar surface area (TPSA) is 12.4 Å². The van der Waals surface area contributed by atoms with Crippen molar-refractivity contribution < 1.29 is 0 Å². The van der Waals surface area contributed by atoms with Gasteiger partial charge in [0.25, 0.3) is 0 Å². The molecule has 0 amide bonds. The van der Waals surface area contributed by atoms with Crippen LogP contribution in [0.3, 0.4) is 0 Å². The van der Waals surface area contributed by atoms with E-state index in [0.717, 1.165) is 5.70 Å². The second-order valence-corrected chi connectivity index (χ2v) is 3.10. The normalized spacial score (nSPS) is 13.1. The number of hydrogen-bond acceptors (Lipinski definition) is 1. The van der Waals surface area contributed by atoms with Crippen LogP contribution in [0.5, 0.6) is 0 Å². The SMILES string of the molecule is C1=NC=1c1cccc2ccccc12. The molecule has 0 aliphatic carbocycles. The van der Waals surface area contributed by atoms with Gasteiger partial charge >= 0.3 is 0 Å². The van der Waals surface area contributed by atoms with Gasteiger partial charge in [-0.25, -0.2) is 0 Å². The highest BCUT2D eigenvalue weighted by molar-refractivity contribution is 6.09. The zero-order chi connectivity index (χ0) is 8.67. The maximum atomic E-state index is 3.99. The van der Waals surface area contributed by atoms with Crippen molar-refractivity contribution in [1.82, 2.24) is 0 Å². The van der Waals surface area contributed by atoms with Crippen molar-refractivity contribution in [3.05, 3.63) is 48.0 Å². The molecule has 2 aromatic rings.